The van der Waals surface area contributed by atoms with Crippen LogP contribution in [0.3, 0.4) is 0 Å². The minimum Gasteiger partial charge on any atom is -0.497 e. The Morgan fingerprint density at radius 1 is 1.12 bits per heavy atom. The topological polar surface area (TPSA) is 74.3 Å². The van der Waals surface area contributed by atoms with Crippen LogP contribution in [0.5, 0.6) is 11.5 Å². The van der Waals surface area contributed by atoms with E-state index in [1.807, 2.05) is 36.4 Å². The first-order valence-electron chi connectivity index (χ1n) is 10.7. The van der Waals surface area contributed by atoms with E-state index < -0.39 is 12.3 Å². The quantitative estimate of drug-likeness (QED) is 0.687. The Kier molecular flexibility index (Phi) is 4.38. The summed E-state index contributed by atoms with van der Waals surface area (Å²) in [4.78, 5) is 29.5. The van der Waals surface area contributed by atoms with E-state index in [-0.39, 0.29) is 35.5 Å². The van der Waals surface area contributed by atoms with Crippen LogP contribution in [-0.2, 0) is 14.3 Å². The number of carbonyl (C=O) groups is 2. The summed E-state index contributed by atoms with van der Waals surface area (Å²) in [5.41, 5.74) is 2.43. The molecule has 0 radical (unpaired) electrons. The van der Waals surface area contributed by atoms with Crippen molar-refractivity contribution < 1.29 is 28.5 Å². The van der Waals surface area contributed by atoms with E-state index >= 15 is 0 Å². The monoisotopic (exact) mass is 433 g/mol. The second-order valence-electron chi connectivity index (χ2n) is 8.54. The number of ketones is 2. The Balaban J connectivity index is 1.51. The van der Waals surface area contributed by atoms with E-state index in [9.17, 15) is 9.59 Å². The number of anilines is 1. The number of Topliss-reactive ketones (excluding diaryl/α,β-unsaturated/α-hetero) is 2. The van der Waals surface area contributed by atoms with E-state index in [0.717, 1.165) is 11.3 Å². The minimum atomic E-state index is -0.835. The highest BCUT2D eigenvalue weighted by Crippen LogP contribution is 2.51. The van der Waals surface area contributed by atoms with Crippen molar-refractivity contribution >= 4 is 23.3 Å². The zero-order valence-electron chi connectivity index (χ0n) is 17.8. The number of hydrogen-bond donors (Lipinski definition) is 0. The molecule has 32 heavy (non-hydrogen) atoms. The molecule has 6 rings (SSSR count). The number of hydrogen-bond acceptors (Lipinski definition) is 7. The Hall–Kier alpha value is -3.16. The summed E-state index contributed by atoms with van der Waals surface area (Å²) in [7, 11) is 3.11. The summed E-state index contributed by atoms with van der Waals surface area (Å²) < 4.78 is 22.4. The van der Waals surface area contributed by atoms with Gasteiger partial charge in [0.25, 0.3) is 0 Å². The molecule has 6 atom stereocenters. The summed E-state index contributed by atoms with van der Waals surface area (Å²) in [5, 5.41) is 0. The van der Waals surface area contributed by atoms with Gasteiger partial charge in [-0.3, -0.25) is 9.59 Å². The van der Waals surface area contributed by atoms with Crippen LogP contribution < -0.4 is 14.4 Å². The first-order valence-corrected chi connectivity index (χ1v) is 10.7. The predicted octanol–water partition coefficient (Wildman–Crippen LogP) is 2.73. The third-order valence-corrected chi connectivity index (χ3v) is 7.10. The lowest BCUT2D eigenvalue weighted by Gasteiger charge is -2.35. The van der Waals surface area contributed by atoms with E-state index in [0.29, 0.717) is 23.7 Å². The second-order valence-corrected chi connectivity index (χ2v) is 8.54. The number of rotatable bonds is 4. The Morgan fingerprint density at radius 3 is 2.78 bits per heavy atom. The normalized spacial score (nSPS) is 31.7. The average molecular weight is 433 g/mol. The summed E-state index contributed by atoms with van der Waals surface area (Å²) >= 11 is 0. The van der Waals surface area contributed by atoms with Gasteiger partial charge in [0.1, 0.15) is 11.5 Å². The molecule has 4 aliphatic rings. The molecular formula is C25H23NO6. The Morgan fingerprint density at radius 2 is 1.97 bits per heavy atom. The van der Waals surface area contributed by atoms with Crippen LogP contribution in [0.1, 0.15) is 15.9 Å². The molecule has 2 aromatic carbocycles. The highest BCUT2D eigenvalue weighted by Gasteiger charge is 2.63. The maximum Gasteiger partial charge on any atom is 0.218 e. The van der Waals surface area contributed by atoms with Gasteiger partial charge in [0, 0.05) is 17.7 Å². The fourth-order valence-corrected chi connectivity index (χ4v) is 5.74. The maximum absolute atomic E-state index is 14.1. The Labute approximate surface area is 185 Å². The number of fused-ring (bicyclic) bond motifs is 8. The number of ether oxygens (including phenoxy) is 4. The third-order valence-electron chi connectivity index (χ3n) is 7.10. The molecule has 0 aromatic heterocycles. The number of carbonyl (C=O) groups excluding carboxylic acids is 2. The number of para-hydroxylation sites is 1. The molecule has 4 heterocycles. The van der Waals surface area contributed by atoms with Crippen LogP contribution in [0.15, 0.2) is 48.5 Å². The molecule has 7 heteroatoms. The van der Waals surface area contributed by atoms with E-state index in [1.54, 1.807) is 25.3 Å². The van der Waals surface area contributed by atoms with E-state index in [1.165, 1.54) is 7.11 Å². The zero-order chi connectivity index (χ0) is 22.0. The molecule has 2 bridgehead atoms. The molecule has 4 aliphatic heterocycles. The standard InChI is InChI=1S/C25H23NO6/c1-29-14-8-9-15(18(11-14)30-2)23(27)22-21-19-12-31-25(32-19)24(28)20(21)17-10-7-13-5-3-4-6-16(13)26(17)22/h3-11,17,19-22,25H,12H2,1-2H3/t17-,19+,20+,21-,22-,25-/m1/s1. The smallest absolute Gasteiger partial charge is 0.218 e. The van der Waals surface area contributed by atoms with Crippen LogP contribution in [0, 0.1) is 11.8 Å². The van der Waals surface area contributed by atoms with Gasteiger partial charge in [0.15, 0.2) is 11.6 Å². The summed E-state index contributed by atoms with van der Waals surface area (Å²) in [5.74, 6) is 0.174. The van der Waals surface area contributed by atoms with Crippen molar-refractivity contribution in [1.82, 2.24) is 0 Å². The molecule has 3 fully saturated rings. The summed E-state index contributed by atoms with van der Waals surface area (Å²) in [6.45, 7) is 0.313. The van der Waals surface area contributed by atoms with Gasteiger partial charge in [-0.1, -0.05) is 30.4 Å². The molecular weight excluding hydrogens is 410 g/mol. The van der Waals surface area contributed by atoms with E-state index in [2.05, 4.69) is 4.90 Å². The van der Waals surface area contributed by atoms with Crippen LogP contribution >= 0.6 is 0 Å². The first-order chi connectivity index (χ1) is 15.6. The fourth-order valence-electron chi connectivity index (χ4n) is 5.74. The van der Waals surface area contributed by atoms with Crippen molar-refractivity contribution in [2.45, 2.75) is 24.5 Å². The maximum atomic E-state index is 14.1. The van der Waals surface area contributed by atoms with Gasteiger partial charge in [-0.05, 0) is 23.8 Å². The molecule has 2 aromatic rings. The number of benzene rings is 2. The highest BCUT2D eigenvalue weighted by atomic mass is 16.7. The van der Waals surface area contributed by atoms with E-state index in [4.69, 9.17) is 18.9 Å². The molecule has 0 N–H and O–H groups in total. The largest absolute Gasteiger partial charge is 0.497 e. The fraction of sp³-hybridized carbons (Fsp3) is 0.360. The van der Waals surface area contributed by atoms with Gasteiger partial charge in [-0.2, -0.15) is 0 Å². The van der Waals surface area contributed by atoms with Crippen molar-refractivity contribution in [2.75, 3.05) is 25.7 Å². The summed E-state index contributed by atoms with van der Waals surface area (Å²) in [6, 6.07) is 12.3. The SMILES string of the molecule is COc1ccc(C(=O)[C@H]2[C@H]3[C@@H](C(=O)[C@@H]4OC[C@@H]3O4)[C@H]3C=Cc4ccccc4N32)c(OC)c1. The van der Waals surface area contributed by atoms with Crippen molar-refractivity contribution in [3.8, 4) is 11.5 Å². The molecule has 7 nitrogen and oxygen atoms in total. The minimum absolute atomic E-state index is 0.0835. The van der Waals surface area contributed by atoms with Crippen molar-refractivity contribution in [2.24, 2.45) is 11.8 Å². The second kappa shape index (κ2) is 7.18. The van der Waals surface area contributed by atoms with Crippen LogP contribution in [0.25, 0.3) is 6.08 Å². The number of nitrogens with zero attached hydrogens (tertiary/aromatic N) is 1. The lowest BCUT2D eigenvalue weighted by atomic mass is 9.77. The molecule has 0 aliphatic carbocycles. The lowest BCUT2D eigenvalue weighted by molar-refractivity contribution is -0.163. The van der Waals surface area contributed by atoms with Gasteiger partial charge in [-0.15, -0.1) is 0 Å². The lowest BCUT2D eigenvalue weighted by Crippen LogP contribution is -2.48. The molecule has 0 unspecified atom stereocenters. The number of methoxy groups -OCH3 is 2. The van der Waals surface area contributed by atoms with Crippen LogP contribution in [-0.4, -0.2) is 56.9 Å². The molecule has 3 saturated heterocycles. The van der Waals surface area contributed by atoms with Gasteiger partial charge >= 0.3 is 0 Å². The Bertz CT molecular complexity index is 1140. The van der Waals surface area contributed by atoms with Gasteiger partial charge < -0.3 is 23.8 Å². The molecule has 164 valence electrons. The van der Waals surface area contributed by atoms with Crippen LogP contribution in [0.2, 0.25) is 0 Å². The van der Waals surface area contributed by atoms with Crippen LogP contribution in [0.4, 0.5) is 5.69 Å². The molecule has 0 spiro atoms. The highest BCUT2D eigenvalue weighted by molar-refractivity contribution is 6.07. The first kappa shape index (κ1) is 19.5. The van der Waals surface area contributed by atoms with Crippen molar-refractivity contribution in [3.05, 3.63) is 59.7 Å². The van der Waals surface area contributed by atoms with Crippen molar-refractivity contribution in [3.63, 3.8) is 0 Å². The van der Waals surface area contributed by atoms with Crippen molar-refractivity contribution in [1.29, 1.82) is 0 Å². The van der Waals surface area contributed by atoms with Gasteiger partial charge in [0.2, 0.25) is 6.29 Å². The molecule has 0 saturated carbocycles. The summed E-state index contributed by atoms with van der Waals surface area (Å²) in [6.07, 6.45) is 2.94. The molecule has 0 amide bonds. The third kappa shape index (κ3) is 2.61. The zero-order valence-corrected chi connectivity index (χ0v) is 17.8. The van der Waals surface area contributed by atoms with Gasteiger partial charge in [0.05, 0.1) is 50.5 Å². The van der Waals surface area contributed by atoms with Gasteiger partial charge in [-0.25, -0.2) is 0 Å². The average Bonchev–Trinajstić information content (AvgIpc) is 3.43. The predicted molar refractivity (Wildman–Crippen MR) is 116 cm³/mol.